The molecule has 1 N–H and O–H groups in total. The van der Waals surface area contributed by atoms with Crippen molar-refractivity contribution in [2.45, 2.75) is 26.5 Å². The van der Waals surface area contributed by atoms with E-state index in [-0.39, 0.29) is 30.1 Å². The van der Waals surface area contributed by atoms with Crippen LogP contribution in [-0.2, 0) is 16.0 Å². The highest BCUT2D eigenvalue weighted by atomic mass is 127. The molecule has 22 heavy (non-hydrogen) atoms. The second-order valence-electron chi connectivity index (χ2n) is 4.64. The van der Waals surface area contributed by atoms with Crippen molar-refractivity contribution in [2.75, 3.05) is 41.0 Å². The lowest BCUT2D eigenvalue weighted by atomic mass is 10.4. The summed E-state index contributed by atoms with van der Waals surface area (Å²) in [5.74, 6) is 0.865. The van der Waals surface area contributed by atoms with Crippen LogP contribution in [0.25, 0.3) is 0 Å². The quantitative estimate of drug-likeness (QED) is 0.290. The van der Waals surface area contributed by atoms with Crippen LogP contribution < -0.4 is 5.32 Å². The van der Waals surface area contributed by atoms with E-state index in [1.807, 2.05) is 14.0 Å². The molecule has 1 aromatic heterocycles. The lowest BCUT2D eigenvalue weighted by molar-refractivity contribution is 0.119. The zero-order chi connectivity index (χ0) is 15.7. The summed E-state index contributed by atoms with van der Waals surface area (Å²) in [4.78, 5) is 11.2. The number of hydrogen-bond donors (Lipinski definition) is 1. The SMILES string of the molecule is CCNC(=NCCOC)N(C)Cc1csc(C(C)OC)n1.I. The average molecular weight is 442 g/mol. The predicted molar refractivity (Wildman–Crippen MR) is 102 cm³/mol. The van der Waals surface area contributed by atoms with Gasteiger partial charge in [0.15, 0.2) is 5.96 Å². The van der Waals surface area contributed by atoms with E-state index in [2.05, 4.69) is 32.5 Å². The Labute approximate surface area is 154 Å². The maximum absolute atomic E-state index is 5.29. The van der Waals surface area contributed by atoms with E-state index in [0.717, 1.165) is 23.2 Å². The lowest BCUT2D eigenvalue weighted by Crippen LogP contribution is -2.38. The molecule has 0 saturated heterocycles. The van der Waals surface area contributed by atoms with E-state index in [1.54, 1.807) is 25.6 Å². The molecule has 0 fully saturated rings. The number of nitrogens with zero attached hydrogens (tertiary/aromatic N) is 3. The maximum atomic E-state index is 5.29. The van der Waals surface area contributed by atoms with E-state index in [1.165, 1.54) is 0 Å². The molecule has 0 aliphatic rings. The van der Waals surface area contributed by atoms with E-state index < -0.39 is 0 Å². The number of halogens is 1. The standard InChI is InChI=1S/C14H26N4O2S.HI/c1-6-15-14(16-7-8-19-4)18(3)9-12-10-21-13(17-12)11(2)20-5;/h10-11H,6-9H2,1-5H3,(H,15,16);1H. The molecule has 128 valence electrons. The molecule has 1 rings (SSSR count). The van der Waals surface area contributed by atoms with Gasteiger partial charge >= 0.3 is 0 Å². The van der Waals surface area contributed by atoms with Gasteiger partial charge in [0.05, 0.1) is 25.4 Å². The van der Waals surface area contributed by atoms with Gasteiger partial charge in [-0.2, -0.15) is 0 Å². The van der Waals surface area contributed by atoms with Crippen molar-refractivity contribution in [1.29, 1.82) is 0 Å². The zero-order valence-corrected chi connectivity index (χ0v) is 17.1. The van der Waals surface area contributed by atoms with E-state index in [4.69, 9.17) is 9.47 Å². The largest absolute Gasteiger partial charge is 0.383 e. The van der Waals surface area contributed by atoms with E-state index >= 15 is 0 Å². The van der Waals surface area contributed by atoms with Crippen molar-refractivity contribution < 1.29 is 9.47 Å². The summed E-state index contributed by atoms with van der Waals surface area (Å²) in [6.07, 6.45) is 0.0395. The smallest absolute Gasteiger partial charge is 0.194 e. The van der Waals surface area contributed by atoms with Gasteiger partial charge in [0.1, 0.15) is 11.1 Å². The third-order valence-electron chi connectivity index (χ3n) is 2.92. The van der Waals surface area contributed by atoms with Crippen LogP contribution in [0.4, 0.5) is 0 Å². The minimum Gasteiger partial charge on any atom is -0.383 e. The van der Waals surface area contributed by atoms with E-state index in [9.17, 15) is 0 Å². The van der Waals surface area contributed by atoms with Gasteiger partial charge in [-0.05, 0) is 13.8 Å². The van der Waals surface area contributed by atoms with Gasteiger partial charge in [0.2, 0.25) is 0 Å². The summed E-state index contributed by atoms with van der Waals surface area (Å²) in [6, 6.07) is 0. The molecule has 0 aromatic carbocycles. The average Bonchev–Trinajstić information content (AvgIpc) is 2.94. The number of ether oxygens (including phenoxy) is 2. The molecule has 8 heteroatoms. The van der Waals surface area contributed by atoms with Crippen molar-refractivity contribution in [2.24, 2.45) is 4.99 Å². The summed E-state index contributed by atoms with van der Waals surface area (Å²) in [5, 5.41) is 6.35. The number of aromatic nitrogens is 1. The highest BCUT2D eigenvalue weighted by molar-refractivity contribution is 14.0. The molecule has 1 unspecified atom stereocenters. The van der Waals surface area contributed by atoms with Crippen LogP contribution in [0.3, 0.4) is 0 Å². The predicted octanol–water partition coefficient (Wildman–Crippen LogP) is 2.51. The second kappa shape index (κ2) is 12.0. The van der Waals surface area contributed by atoms with E-state index in [0.29, 0.717) is 19.7 Å². The highest BCUT2D eigenvalue weighted by Crippen LogP contribution is 2.20. The van der Waals surface area contributed by atoms with Gasteiger partial charge in [-0.15, -0.1) is 35.3 Å². The first-order valence-corrected chi connectivity index (χ1v) is 7.95. The molecule has 1 aromatic rings. The van der Waals surface area contributed by atoms with Gasteiger partial charge in [-0.25, -0.2) is 4.98 Å². The lowest BCUT2D eigenvalue weighted by Gasteiger charge is -2.21. The number of thiazole rings is 1. The fraction of sp³-hybridized carbons (Fsp3) is 0.714. The van der Waals surface area contributed by atoms with Crippen LogP contribution in [0.2, 0.25) is 0 Å². The normalized spacial score (nSPS) is 12.7. The van der Waals surface area contributed by atoms with Gasteiger partial charge in [0, 0.05) is 33.2 Å². The van der Waals surface area contributed by atoms with Crippen LogP contribution in [0.5, 0.6) is 0 Å². The van der Waals surface area contributed by atoms with Crippen molar-refractivity contribution in [3.63, 3.8) is 0 Å². The summed E-state index contributed by atoms with van der Waals surface area (Å²) in [5.41, 5.74) is 1.03. The molecule has 0 saturated carbocycles. The van der Waals surface area contributed by atoms with Crippen molar-refractivity contribution in [3.05, 3.63) is 16.1 Å². The molecule has 0 amide bonds. The Hall–Kier alpha value is -0.450. The van der Waals surface area contributed by atoms with Crippen LogP contribution in [0, 0.1) is 0 Å². The third-order valence-corrected chi connectivity index (χ3v) is 3.98. The van der Waals surface area contributed by atoms with Crippen LogP contribution >= 0.6 is 35.3 Å². The number of aliphatic imine (C=N–C) groups is 1. The number of hydrogen-bond acceptors (Lipinski definition) is 5. The monoisotopic (exact) mass is 442 g/mol. The molecular formula is C14H27IN4O2S. The Morgan fingerprint density at radius 1 is 1.50 bits per heavy atom. The van der Waals surface area contributed by atoms with Gasteiger partial charge in [-0.1, -0.05) is 0 Å². The summed E-state index contributed by atoms with van der Waals surface area (Å²) in [7, 11) is 5.39. The fourth-order valence-electron chi connectivity index (χ4n) is 1.71. The Morgan fingerprint density at radius 2 is 2.23 bits per heavy atom. The molecule has 1 heterocycles. The summed E-state index contributed by atoms with van der Waals surface area (Å²) in [6.45, 7) is 6.87. The molecule has 1 atom stereocenters. The first-order valence-electron chi connectivity index (χ1n) is 7.07. The Morgan fingerprint density at radius 3 is 2.82 bits per heavy atom. The number of rotatable bonds is 8. The second-order valence-corrected chi connectivity index (χ2v) is 5.53. The zero-order valence-electron chi connectivity index (χ0n) is 14.0. The molecule has 0 spiro atoms. The molecular weight excluding hydrogens is 415 g/mol. The minimum atomic E-state index is 0. The minimum absolute atomic E-state index is 0. The third kappa shape index (κ3) is 7.21. The molecule has 0 aliphatic heterocycles. The molecule has 0 radical (unpaired) electrons. The van der Waals surface area contributed by atoms with Crippen molar-refractivity contribution in [3.8, 4) is 0 Å². The summed E-state index contributed by atoms with van der Waals surface area (Å²) >= 11 is 1.63. The summed E-state index contributed by atoms with van der Waals surface area (Å²) < 4.78 is 10.3. The Kier molecular flexibility index (Phi) is 11.8. The number of methoxy groups -OCH3 is 2. The van der Waals surface area contributed by atoms with Crippen LogP contribution in [0.1, 0.15) is 30.7 Å². The first-order chi connectivity index (χ1) is 10.1. The topological polar surface area (TPSA) is 59.0 Å². The van der Waals surface area contributed by atoms with Gasteiger partial charge in [-0.3, -0.25) is 4.99 Å². The molecule has 0 bridgehead atoms. The first kappa shape index (κ1) is 21.6. The molecule has 6 nitrogen and oxygen atoms in total. The Balaban J connectivity index is 0.00000441. The van der Waals surface area contributed by atoms with Crippen molar-refractivity contribution in [1.82, 2.24) is 15.2 Å². The van der Waals surface area contributed by atoms with Gasteiger partial charge in [0.25, 0.3) is 0 Å². The van der Waals surface area contributed by atoms with Crippen molar-refractivity contribution >= 4 is 41.3 Å². The van der Waals surface area contributed by atoms with Gasteiger partial charge < -0.3 is 19.7 Å². The Bertz CT molecular complexity index is 442. The maximum Gasteiger partial charge on any atom is 0.194 e. The van der Waals surface area contributed by atoms with Crippen LogP contribution in [-0.4, -0.2) is 56.8 Å². The highest BCUT2D eigenvalue weighted by Gasteiger charge is 2.12. The number of nitrogens with one attached hydrogen (secondary N) is 1. The molecule has 0 aliphatic carbocycles. The van der Waals surface area contributed by atoms with Crippen LogP contribution in [0.15, 0.2) is 10.4 Å². The number of guanidine groups is 1. The fourth-order valence-corrected chi connectivity index (χ4v) is 2.56.